The molecule has 1 amide bonds. The molecule has 5 nitrogen and oxygen atoms in total. The van der Waals surface area contributed by atoms with Gasteiger partial charge in [-0.3, -0.25) is 9.59 Å². The van der Waals surface area contributed by atoms with Gasteiger partial charge >= 0.3 is 5.97 Å². The topological polar surface area (TPSA) is 75.6 Å². The minimum Gasteiger partial charge on any atom is -0.493 e. The number of hydrogen-bond donors (Lipinski definition) is 2. The third kappa shape index (κ3) is 3.97. The first-order valence-corrected chi connectivity index (χ1v) is 7.37. The summed E-state index contributed by atoms with van der Waals surface area (Å²) < 4.78 is 5.45. The molecule has 2 N–H and O–H groups in total. The highest BCUT2D eigenvalue weighted by Gasteiger charge is 2.28. The Morgan fingerprint density at radius 3 is 2.81 bits per heavy atom. The Kier molecular flexibility index (Phi) is 5.20. The summed E-state index contributed by atoms with van der Waals surface area (Å²) in [5.41, 5.74) is 0.497. The second kappa shape index (κ2) is 7.11. The summed E-state index contributed by atoms with van der Waals surface area (Å²) in [7, 11) is 0. The van der Waals surface area contributed by atoms with Gasteiger partial charge in [0, 0.05) is 6.04 Å². The Hall–Kier alpha value is -2.04. The van der Waals surface area contributed by atoms with Gasteiger partial charge in [0.25, 0.3) is 5.91 Å². The molecule has 0 spiro atoms. The van der Waals surface area contributed by atoms with Crippen molar-refractivity contribution in [1.82, 2.24) is 5.32 Å². The van der Waals surface area contributed by atoms with Gasteiger partial charge in [0.1, 0.15) is 5.75 Å². The summed E-state index contributed by atoms with van der Waals surface area (Å²) in [4.78, 5) is 23.4. The number of carbonyl (C=O) groups is 2. The van der Waals surface area contributed by atoms with Crippen LogP contribution in [0.5, 0.6) is 5.75 Å². The molecule has 0 radical (unpaired) electrons. The van der Waals surface area contributed by atoms with E-state index in [1.54, 1.807) is 18.2 Å². The number of carboxylic acid groups (broad SMARTS) is 1. The lowest BCUT2D eigenvalue weighted by Crippen LogP contribution is -2.40. The zero-order chi connectivity index (χ0) is 15.2. The van der Waals surface area contributed by atoms with E-state index in [1.807, 2.05) is 13.0 Å². The number of rotatable bonds is 5. The van der Waals surface area contributed by atoms with E-state index in [0.29, 0.717) is 30.8 Å². The number of amides is 1. The van der Waals surface area contributed by atoms with Crippen LogP contribution in [0.1, 0.15) is 43.0 Å². The molecule has 0 aliphatic heterocycles. The molecule has 1 fully saturated rings. The number of nitrogens with one attached hydrogen (secondary N) is 1. The first-order valence-electron chi connectivity index (χ1n) is 7.37. The molecule has 0 heterocycles. The van der Waals surface area contributed by atoms with Crippen molar-refractivity contribution >= 4 is 11.9 Å². The zero-order valence-electron chi connectivity index (χ0n) is 12.2. The third-order valence-corrected chi connectivity index (χ3v) is 3.79. The maximum Gasteiger partial charge on any atom is 0.306 e. The summed E-state index contributed by atoms with van der Waals surface area (Å²) in [6, 6.07) is 7.01. The van der Waals surface area contributed by atoms with Gasteiger partial charge in [0.15, 0.2) is 0 Å². The van der Waals surface area contributed by atoms with Crippen molar-refractivity contribution in [3.8, 4) is 5.75 Å². The van der Waals surface area contributed by atoms with Crippen LogP contribution in [0.2, 0.25) is 0 Å². The molecule has 1 aliphatic rings. The molecule has 2 unspecified atom stereocenters. The fraction of sp³-hybridized carbons (Fsp3) is 0.500. The molecular weight excluding hydrogens is 270 g/mol. The van der Waals surface area contributed by atoms with Crippen LogP contribution >= 0.6 is 0 Å². The molecule has 0 saturated heterocycles. The van der Waals surface area contributed by atoms with Gasteiger partial charge in [-0.1, -0.05) is 18.6 Å². The summed E-state index contributed by atoms with van der Waals surface area (Å²) >= 11 is 0. The predicted octanol–water partition coefficient (Wildman–Crippen LogP) is 2.46. The first-order chi connectivity index (χ1) is 10.1. The van der Waals surface area contributed by atoms with Crippen molar-refractivity contribution in [1.29, 1.82) is 0 Å². The Bertz CT molecular complexity index is 515. The van der Waals surface area contributed by atoms with Crippen molar-refractivity contribution in [3.63, 3.8) is 0 Å². The van der Waals surface area contributed by atoms with Gasteiger partial charge in [-0.25, -0.2) is 0 Å². The number of carbonyl (C=O) groups excluding carboxylic acids is 1. The van der Waals surface area contributed by atoms with Gasteiger partial charge in [0.2, 0.25) is 0 Å². The molecule has 0 aromatic heterocycles. The van der Waals surface area contributed by atoms with Gasteiger partial charge < -0.3 is 15.2 Å². The summed E-state index contributed by atoms with van der Waals surface area (Å²) in [6.07, 6.45) is 2.84. The van der Waals surface area contributed by atoms with Crippen molar-refractivity contribution in [2.75, 3.05) is 6.61 Å². The van der Waals surface area contributed by atoms with Crippen LogP contribution in [0.4, 0.5) is 0 Å². The van der Waals surface area contributed by atoms with E-state index in [2.05, 4.69) is 5.32 Å². The zero-order valence-corrected chi connectivity index (χ0v) is 12.2. The Balaban J connectivity index is 2.02. The van der Waals surface area contributed by atoms with E-state index < -0.39 is 5.97 Å². The van der Waals surface area contributed by atoms with Gasteiger partial charge in [0.05, 0.1) is 18.1 Å². The highest BCUT2D eigenvalue weighted by molar-refractivity contribution is 5.97. The van der Waals surface area contributed by atoms with Crippen LogP contribution in [-0.2, 0) is 4.79 Å². The van der Waals surface area contributed by atoms with Crippen molar-refractivity contribution in [2.24, 2.45) is 5.92 Å². The van der Waals surface area contributed by atoms with E-state index in [4.69, 9.17) is 9.84 Å². The molecule has 0 bridgehead atoms. The van der Waals surface area contributed by atoms with Crippen LogP contribution in [0.15, 0.2) is 24.3 Å². The molecule has 1 aromatic carbocycles. The third-order valence-electron chi connectivity index (χ3n) is 3.79. The molecule has 1 aliphatic carbocycles. The molecule has 1 aromatic rings. The van der Waals surface area contributed by atoms with Crippen molar-refractivity contribution < 1.29 is 19.4 Å². The highest BCUT2D eigenvalue weighted by Crippen LogP contribution is 2.25. The van der Waals surface area contributed by atoms with Crippen molar-refractivity contribution in [2.45, 2.75) is 38.6 Å². The molecule has 21 heavy (non-hydrogen) atoms. The van der Waals surface area contributed by atoms with Crippen LogP contribution in [-0.4, -0.2) is 29.6 Å². The van der Waals surface area contributed by atoms with Crippen molar-refractivity contribution in [3.05, 3.63) is 29.8 Å². The fourth-order valence-electron chi connectivity index (χ4n) is 2.74. The largest absolute Gasteiger partial charge is 0.493 e. The number of carboxylic acids is 1. The minimum atomic E-state index is -0.774. The fourth-order valence-corrected chi connectivity index (χ4v) is 2.74. The minimum absolute atomic E-state index is 0.0815. The standard InChI is InChI=1S/C16H21NO4/c1-2-21-14-9-4-3-8-13(14)15(18)17-12-7-5-6-11(10-12)16(19)20/h3-4,8-9,11-12H,2,5-7,10H2,1H3,(H,17,18)(H,19,20). The lowest BCUT2D eigenvalue weighted by atomic mass is 9.85. The van der Waals surface area contributed by atoms with Gasteiger partial charge in [-0.05, 0) is 38.3 Å². The lowest BCUT2D eigenvalue weighted by molar-refractivity contribution is -0.143. The average molecular weight is 291 g/mol. The van der Waals surface area contributed by atoms with E-state index in [1.165, 1.54) is 0 Å². The molecule has 114 valence electrons. The van der Waals surface area contributed by atoms with Crippen LogP contribution in [0.3, 0.4) is 0 Å². The second-order valence-electron chi connectivity index (χ2n) is 5.30. The van der Waals surface area contributed by atoms with E-state index in [-0.39, 0.29) is 17.9 Å². The van der Waals surface area contributed by atoms with E-state index in [0.717, 1.165) is 12.8 Å². The predicted molar refractivity (Wildman–Crippen MR) is 78.5 cm³/mol. The molecular formula is C16H21NO4. The lowest BCUT2D eigenvalue weighted by Gasteiger charge is -2.27. The Morgan fingerprint density at radius 2 is 2.10 bits per heavy atom. The maximum absolute atomic E-state index is 12.3. The number of ether oxygens (including phenoxy) is 1. The summed E-state index contributed by atoms with van der Waals surface area (Å²) in [5, 5.41) is 12.0. The molecule has 2 atom stereocenters. The second-order valence-corrected chi connectivity index (χ2v) is 5.30. The maximum atomic E-state index is 12.3. The smallest absolute Gasteiger partial charge is 0.306 e. The van der Waals surface area contributed by atoms with Crippen LogP contribution < -0.4 is 10.1 Å². The quantitative estimate of drug-likeness (QED) is 0.873. The van der Waals surface area contributed by atoms with Crippen LogP contribution in [0, 0.1) is 5.92 Å². The molecule has 5 heteroatoms. The van der Waals surface area contributed by atoms with Gasteiger partial charge in [-0.2, -0.15) is 0 Å². The number of hydrogen-bond acceptors (Lipinski definition) is 3. The highest BCUT2D eigenvalue weighted by atomic mass is 16.5. The number of para-hydroxylation sites is 1. The Morgan fingerprint density at radius 1 is 1.33 bits per heavy atom. The summed E-state index contributed by atoms with van der Waals surface area (Å²) in [6.45, 7) is 2.36. The molecule has 2 rings (SSSR count). The normalized spacial score (nSPS) is 21.6. The van der Waals surface area contributed by atoms with E-state index >= 15 is 0 Å². The molecule has 1 saturated carbocycles. The first kappa shape index (κ1) is 15.4. The summed E-state index contributed by atoms with van der Waals surface area (Å²) in [5.74, 6) is -0.770. The SMILES string of the molecule is CCOc1ccccc1C(=O)NC1CCCC(C(=O)O)C1. The number of aliphatic carboxylic acids is 1. The number of benzene rings is 1. The monoisotopic (exact) mass is 291 g/mol. The Labute approximate surface area is 124 Å². The van der Waals surface area contributed by atoms with Crippen LogP contribution in [0.25, 0.3) is 0 Å². The van der Waals surface area contributed by atoms with Gasteiger partial charge in [-0.15, -0.1) is 0 Å². The van der Waals surface area contributed by atoms with E-state index in [9.17, 15) is 9.59 Å². The average Bonchev–Trinajstić information content (AvgIpc) is 2.48.